The Kier molecular flexibility index (Phi) is 5.78. The Balaban J connectivity index is 1.49. The summed E-state index contributed by atoms with van der Waals surface area (Å²) in [4.78, 5) is 21.0. The summed E-state index contributed by atoms with van der Waals surface area (Å²) >= 11 is 1.62. The van der Waals surface area contributed by atoms with Crippen LogP contribution in [0.5, 0.6) is 0 Å². The summed E-state index contributed by atoms with van der Waals surface area (Å²) in [6, 6.07) is 14.1. The van der Waals surface area contributed by atoms with Gasteiger partial charge in [-0.1, -0.05) is 44.2 Å². The van der Waals surface area contributed by atoms with Gasteiger partial charge in [-0.25, -0.2) is 4.98 Å². The van der Waals surface area contributed by atoms with Gasteiger partial charge in [0, 0.05) is 42.7 Å². The van der Waals surface area contributed by atoms with Crippen LogP contribution in [-0.2, 0) is 16.6 Å². The second kappa shape index (κ2) is 8.23. The number of benzene rings is 1. The summed E-state index contributed by atoms with van der Waals surface area (Å²) < 4.78 is 0. The van der Waals surface area contributed by atoms with Crippen molar-refractivity contribution in [3.63, 3.8) is 0 Å². The number of aromatic nitrogens is 2. The third-order valence-electron chi connectivity index (χ3n) is 4.34. The second-order valence-corrected chi connectivity index (χ2v) is 7.76. The van der Waals surface area contributed by atoms with Crippen molar-refractivity contribution < 1.29 is 4.79 Å². The third kappa shape index (κ3) is 4.76. The number of carbonyl (C=O) groups is 1. The maximum atomic E-state index is 12.3. The zero-order valence-electron chi connectivity index (χ0n) is 15.1. The van der Waals surface area contributed by atoms with E-state index in [2.05, 4.69) is 46.6 Å². The second-order valence-electron chi connectivity index (χ2n) is 6.91. The molecule has 1 N–H and O–H groups in total. The number of rotatable bonds is 7. The highest BCUT2D eigenvalue weighted by Crippen LogP contribution is 2.26. The minimum Gasteiger partial charge on any atom is -0.356 e. The third-order valence-corrected chi connectivity index (χ3v) is 5.28. The van der Waals surface area contributed by atoms with E-state index in [1.807, 2.05) is 30.3 Å². The number of carbonyl (C=O) groups excluding carboxylic acids is 1. The van der Waals surface area contributed by atoms with E-state index >= 15 is 0 Å². The Labute approximate surface area is 158 Å². The molecular formula is C21H23N3OS. The monoisotopic (exact) mass is 365 g/mol. The van der Waals surface area contributed by atoms with Crippen molar-refractivity contribution in [2.75, 3.05) is 6.54 Å². The van der Waals surface area contributed by atoms with Gasteiger partial charge >= 0.3 is 0 Å². The van der Waals surface area contributed by atoms with Crippen molar-refractivity contribution in [2.45, 2.75) is 32.1 Å². The van der Waals surface area contributed by atoms with E-state index in [4.69, 9.17) is 0 Å². The molecule has 1 aromatic carbocycles. The largest absolute Gasteiger partial charge is 0.356 e. The van der Waals surface area contributed by atoms with E-state index in [1.54, 1.807) is 23.7 Å². The van der Waals surface area contributed by atoms with Crippen LogP contribution in [0, 0.1) is 0 Å². The van der Waals surface area contributed by atoms with E-state index in [0.29, 0.717) is 13.0 Å². The highest BCUT2D eigenvalue weighted by atomic mass is 32.1. The number of pyridine rings is 1. The molecule has 0 aliphatic carbocycles. The number of thiazole rings is 1. The summed E-state index contributed by atoms with van der Waals surface area (Å²) in [6.07, 6.45) is 4.74. The van der Waals surface area contributed by atoms with Crippen molar-refractivity contribution in [3.8, 4) is 10.6 Å². The molecule has 1 amide bonds. The predicted octanol–water partition coefficient (Wildman–Crippen LogP) is 4.23. The molecule has 5 heteroatoms. The highest BCUT2D eigenvalue weighted by molar-refractivity contribution is 7.13. The predicted molar refractivity (Wildman–Crippen MR) is 106 cm³/mol. The van der Waals surface area contributed by atoms with E-state index in [-0.39, 0.29) is 11.3 Å². The van der Waals surface area contributed by atoms with Gasteiger partial charge in [0.2, 0.25) is 5.91 Å². The Hall–Kier alpha value is -2.53. The Morgan fingerprint density at radius 2 is 1.85 bits per heavy atom. The molecule has 26 heavy (non-hydrogen) atoms. The fourth-order valence-electron chi connectivity index (χ4n) is 2.83. The Morgan fingerprint density at radius 3 is 2.58 bits per heavy atom. The summed E-state index contributed by atoms with van der Waals surface area (Å²) in [7, 11) is 0. The summed E-state index contributed by atoms with van der Waals surface area (Å²) in [5, 5.41) is 6.06. The SMILES string of the molecule is CC(C)(CC(=O)NCCc1csc(-c2ccncc2)n1)c1ccccc1. The van der Waals surface area contributed by atoms with Crippen molar-refractivity contribution in [1.82, 2.24) is 15.3 Å². The zero-order valence-corrected chi connectivity index (χ0v) is 15.9. The number of amides is 1. The average Bonchev–Trinajstić information content (AvgIpc) is 3.12. The average molecular weight is 366 g/mol. The molecule has 0 atom stereocenters. The zero-order chi connectivity index (χ0) is 18.4. The topological polar surface area (TPSA) is 54.9 Å². The van der Waals surface area contributed by atoms with Crippen LogP contribution in [0.15, 0.2) is 60.2 Å². The molecule has 0 bridgehead atoms. The fraction of sp³-hybridized carbons (Fsp3) is 0.286. The smallest absolute Gasteiger partial charge is 0.220 e. The van der Waals surface area contributed by atoms with Crippen molar-refractivity contribution in [1.29, 1.82) is 0 Å². The molecule has 0 aliphatic heterocycles. The Morgan fingerprint density at radius 1 is 1.12 bits per heavy atom. The molecule has 0 saturated carbocycles. The van der Waals surface area contributed by atoms with E-state index < -0.39 is 0 Å². The minimum atomic E-state index is -0.180. The standard InChI is InChI=1S/C21H23N3OS/c1-21(2,17-6-4-3-5-7-17)14-19(25)23-13-10-18-15-26-20(24-18)16-8-11-22-12-9-16/h3-9,11-12,15H,10,13-14H2,1-2H3,(H,23,25). The molecular weight excluding hydrogens is 342 g/mol. The number of nitrogens with zero attached hydrogens (tertiary/aromatic N) is 2. The van der Waals surface area contributed by atoms with Gasteiger partial charge in [0.25, 0.3) is 0 Å². The first-order valence-corrected chi connectivity index (χ1v) is 9.59. The highest BCUT2D eigenvalue weighted by Gasteiger charge is 2.23. The van der Waals surface area contributed by atoms with Gasteiger partial charge < -0.3 is 5.32 Å². The summed E-state index contributed by atoms with van der Waals surface area (Å²) in [6.45, 7) is 4.80. The first-order chi connectivity index (χ1) is 12.5. The molecule has 134 valence electrons. The Bertz CT molecular complexity index is 844. The van der Waals surface area contributed by atoms with Gasteiger partial charge in [-0.15, -0.1) is 11.3 Å². The molecule has 3 aromatic rings. The van der Waals surface area contributed by atoms with Gasteiger partial charge in [0.15, 0.2) is 0 Å². The molecule has 0 radical (unpaired) electrons. The maximum Gasteiger partial charge on any atom is 0.220 e. The van der Waals surface area contributed by atoms with Crippen LogP contribution in [0.3, 0.4) is 0 Å². The quantitative estimate of drug-likeness (QED) is 0.682. The van der Waals surface area contributed by atoms with Crippen LogP contribution in [0.1, 0.15) is 31.5 Å². The van der Waals surface area contributed by atoms with Crippen LogP contribution < -0.4 is 5.32 Å². The maximum absolute atomic E-state index is 12.3. The van der Waals surface area contributed by atoms with Gasteiger partial charge in [-0.3, -0.25) is 9.78 Å². The number of hydrogen-bond acceptors (Lipinski definition) is 4. The van der Waals surface area contributed by atoms with E-state index in [1.165, 1.54) is 5.56 Å². The summed E-state index contributed by atoms with van der Waals surface area (Å²) in [5.41, 5.74) is 3.08. The first kappa shape index (κ1) is 18.3. The van der Waals surface area contributed by atoms with Crippen molar-refractivity contribution >= 4 is 17.2 Å². The van der Waals surface area contributed by atoms with Crippen LogP contribution in [-0.4, -0.2) is 22.4 Å². The fourth-order valence-corrected chi connectivity index (χ4v) is 3.69. The molecule has 2 heterocycles. The molecule has 0 saturated heterocycles. The van der Waals surface area contributed by atoms with E-state index in [9.17, 15) is 4.79 Å². The van der Waals surface area contributed by atoms with Crippen LogP contribution >= 0.6 is 11.3 Å². The normalized spacial score (nSPS) is 11.3. The van der Waals surface area contributed by atoms with Crippen LogP contribution in [0.2, 0.25) is 0 Å². The lowest BCUT2D eigenvalue weighted by Crippen LogP contribution is -2.32. The van der Waals surface area contributed by atoms with Crippen LogP contribution in [0.4, 0.5) is 0 Å². The lowest BCUT2D eigenvalue weighted by atomic mass is 9.81. The van der Waals surface area contributed by atoms with Crippen molar-refractivity contribution in [3.05, 3.63) is 71.5 Å². The molecule has 0 fully saturated rings. The van der Waals surface area contributed by atoms with Gasteiger partial charge in [0.1, 0.15) is 5.01 Å². The molecule has 4 nitrogen and oxygen atoms in total. The number of nitrogens with one attached hydrogen (secondary N) is 1. The lowest BCUT2D eigenvalue weighted by Gasteiger charge is -2.24. The molecule has 0 spiro atoms. The number of hydrogen-bond donors (Lipinski definition) is 1. The van der Waals surface area contributed by atoms with Crippen LogP contribution in [0.25, 0.3) is 10.6 Å². The molecule has 3 rings (SSSR count). The summed E-state index contributed by atoms with van der Waals surface area (Å²) in [5.74, 6) is 0.0726. The first-order valence-electron chi connectivity index (χ1n) is 8.72. The van der Waals surface area contributed by atoms with Gasteiger partial charge in [-0.05, 0) is 23.1 Å². The molecule has 0 unspecified atom stereocenters. The molecule has 0 aliphatic rings. The van der Waals surface area contributed by atoms with E-state index in [0.717, 1.165) is 22.7 Å². The van der Waals surface area contributed by atoms with Gasteiger partial charge in [-0.2, -0.15) is 0 Å². The van der Waals surface area contributed by atoms with Gasteiger partial charge in [0.05, 0.1) is 5.69 Å². The lowest BCUT2D eigenvalue weighted by molar-refractivity contribution is -0.122. The minimum absolute atomic E-state index is 0.0726. The molecule has 2 aromatic heterocycles. The van der Waals surface area contributed by atoms with Crippen molar-refractivity contribution in [2.24, 2.45) is 0 Å².